The predicted molar refractivity (Wildman–Crippen MR) is 128 cm³/mol. The number of halogens is 1. The van der Waals surface area contributed by atoms with Crippen LogP contribution in [0, 0.1) is 0 Å². The molecule has 4 rings (SSSR count). The van der Waals surface area contributed by atoms with Gasteiger partial charge in [-0.1, -0.05) is 17.7 Å². The van der Waals surface area contributed by atoms with Crippen molar-refractivity contribution in [2.45, 2.75) is 6.29 Å². The molecular formula is C23H29ClN6O. The monoisotopic (exact) mass is 440 g/mol. The molecule has 7 nitrogen and oxygen atoms in total. The first-order valence-electron chi connectivity index (χ1n) is 10.4. The second kappa shape index (κ2) is 9.49. The van der Waals surface area contributed by atoms with Crippen molar-refractivity contribution in [1.82, 2.24) is 15.1 Å². The number of anilines is 2. The maximum atomic E-state index is 6.03. The number of rotatable bonds is 5. The second-order valence-corrected chi connectivity index (χ2v) is 8.25. The zero-order valence-corrected chi connectivity index (χ0v) is 18.9. The average molecular weight is 441 g/mol. The molecule has 2 aromatic carbocycles. The molecule has 2 N–H and O–H groups in total. The van der Waals surface area contributed by atoms with Crippen LogP contribution in [0.25, 0.3) is 0 Å². The fourth-order valence-corrected chi connectivity index (χ4v) is 3.85. The minimum absolute atomic E-state index is 0.122. The molecular weight excluding hydrogens is 412 g/mol. The number of nitrogens with one attached hydrogen (secondary N) is 2. The van der Waals surface area contributed by atoms with Gasteiger partial charge in [0.15, 0.2) is 6.29 Å². The maximum absolute atomic E-state index is 6.03. The van der Waals surface area contributed by atoms with Crippen molar-refractivity contribution in [3.63, 3.8) is 0 Å². The van der Waals surface area contributed by atoms with Crippen LogP contribution in [-0.2, 0) is 0 Å². The first kappa shape index (κ1) is 21.3. The van der Waals surface area contributed by atoms with E-state index in [9.17, 15) is 0 Å². The molecule has 2 aliphatic rings. The third kappa shape index (κ3) is 5.24. The molecule has 8 heteroatoms. The van der Waals surface area contributed by atoms with E-state index in [0.29, 0.717) is 0 Å². The van der Waals surface area contributed by atoms with E-state index in [0.717, 1.165) is 54.3 Å². The number of amidine groups is 1. The third-order valence-electron chi connectivity index (χ3n) is 5.47. The van der Waals surface area contributed by atoms with E-state index in [1.807, 2.05) is 61.5 Å². The Morgan fingerprint density at radius 3 is 2.52 bits per heavy atom. The summed E-state index contributed by atoms with van der Waals surface area (Å²) in [5.41, 5.74) is 2.17. The molecule has 0 aliphatic carbocycles. The van der Waals surface area contributed by atoms with E-state index in [1.165, 1.54) is 5.69 Å². The summed E-state index contributed by atoms with van der Waals surface area (Å²) in [6.45, 7) is 3.71. The van der Waals surface area contributed by atoms with E-state index in [4.69, 9.17) is 21.3 Å². The molecule has 1 saturated heterocycles. The summed E-state index contributed by atoms with van der Waals surface area (Å²) < 4.78 is 5.34. The van der Waals surface area contributed by atoms with Gasteiger partial charge in [0.05, 0.1) is 7.11 Å². The van der Waals surface area contributed by atoms with Crippen molar-refractivity contribution in [2.24, 2.45) is 4.99 Å². The Morgan fingerprint density at radius 2 is 1.84 bits per heavy atom. The van der Waals surface area contributed by atoms with Gasteiger partial charge in [0.25, 0.3) is 0 Å². The van der Waals surface area contributed by atoms with Crippen molar-refractivity contribution < 1.29 is 4.74 Å². The lowest BCUT2D eigenvalue weighted by molar-refractivity contribution is 0.168. The predicted octanol–water partition coefficient (Wildman–Crippen LogP) is 3.27. The molecule has 0 spiro atoms. The van der Waals surface area contributed by atoms with Gasteiger partial charge in [-0.25, -0.2) is 4.99 Å². The van der Waals surface area contributed by atoms with Crippen LogP contribution in [0.4, 0.5) is 11.4 Å². The van der Waals surface area contributed by atoms with Crippen molar-refractivity contribution >= 4 is 28.8 Å². The lowest BCUT2D eigenvalue weighted by atomic mass is 10.2. The normalized spacial score (nSPS) is 19.2. The molecule has 1 unspecified atom stereocenters. The smallest absolute Gasteiger partial charge is 0.179 e. The Hall–Kier alpha value is -2.90. The summed E-state index contributed by atoms with van der Waals surface area (Å²) in [7, 11) is 5.70. The Morgan fingerprint density at radius 1 is 1.10 bits per heavy atom. The topological polar surface area (TPSA) is 55.4 Å². The molecule has 2 aliphatic heterocycles. The lowest BCUT2D eigenvalue weighted by Crippen LogP contribution is -2.56. The Kier molecular flexibility index (Phi) is 6.53. The highest BCUT2D eigenvalue weighted by Crippen LogP contribution is 2.22. The van der Waals surface area contributed by atoms with Crippen LogP contribution in [0.2, 0.25) is 5.02 Å². The van der Waals surface area contributed by atoms with Crippen LogP contribution in [0.3, 0.4) is 0 Å². The van der Waals surface area contributed by atoms with E-state index < -0.39 is 0 Å². The summed E-state index contributed by atoms with van der Waals surface area (Å²) in [6, 6.07) is 16.0. The highest BCUT2D eigenvalue weighted by Gasteiger charge is 2.27. The number of hydrogen-bond donors (Lipinski definition) is 2. The van der Waals surface area contributed by atoms with Gasteiger partial charge in [-0.2, -0.15) is 0 Å². The van der Waals surface area contributed by atoms with Gasteiger partial charge >= 0.3 is 0 Å². The molecule has 0 amide bonds. The Balaban J connectivity index is 1.43. The number of ether oxygens (including phenoxy) is 1. The first-order valence-corrected chi connectivity index (χ1v) is 10.8. The van der Waals surface area contributed by atoms with Crippen LogP contribution < -0.4 is 20.3 Å². The lowest BCUT2D eigenvalue weighted by Gasteiger charge is -2.40. The molecule has 2 aromatic rings. The number of methoxy groups -OCH3 is 1. The van der Waals surface area contributed by atoms with Crippen LogP contribution in [0.5, 0.6) is 5.75 Å². The Labute approximate surface area is 188 Å². The van der Waals surface area contributed by atoms with Gasteiger partial charge in [-0.05, 0) is 36.4 Å². The van der Waals surface area contributed by atoms with Crippen LogP contribution >= 0.6 is 11.6 Å². The summed E-state index contributed by atoms with van der Waals surface area (Å²) in [5.74, 6) is 2.66. The highest BCUT2D eigenvalue weighted by atomic mass is 35.5. The van der Waals surface area contributed by atoms with Crippen molar-refractivity contribution in [1.29, 1.82) is 0 Å². The van der Waals surface area contributed by atoms with Gasteiger partial charge in [-0.15, -0.1) is 0 Å². The van der Waals surface area contributed by atoms with Gasteiger partial charge in [-0.3, -0.25) is 4.90 Å². The molecule has 0 saturated carbocycles. The number of benzene rings is 2. The van der Waals surface area contributed by atoms with Gasteiger partial charge in [0, 0.05) is 68.8 Å². The highest BCUT2D eigenvalue weighted by molar-refractivity contribution is 6.30. The molecule has 1 fully saturated rings. The fourth-order valence-electron chi connectivity index (χ4n) is 3.73. The molecule has 164 valence electrons. The van der Waals surface area contributed by atoms with Crippen molar-refractivity contribution in [3.05, 3.63) is 65.5 Å². The van der Waals surface area contributed by atoms with Crippen LogP contribution in [-0.4, -0.2) is 69.3 Å². The first-order chi connectivity index (χ1) is 15.0. The SMILES string of the molecule is COc1cccc(NC2=CC(N(C)C)=NC(N3CCN(c4ccc(Cl)cc4)CC3)N2)c1. The minimum Gasteiger partial charge on any atom is -0.497 e. The van der Waals surface area contributed by atoms with E-state index in [1.54, 1.807) is 7.11 Å². The van der Waals surface area contributed by atoms with Crippen molar-refractivity contribution in [2.75, 3.05) is 57.6 Å². The van der Waals surface area contributed by atoms with E-state index in [-0.39, 0.29) is 6.29 Å². The molecule has 2 heterocycles. The zero-order chi connectivity index (χ0) is 21.8. The third-order valence-corrected chi connectivity index (χ3v) is 5.72. The van der Waals surface area contributed by atoms with Gasteiger partial charge in [0.2, 0.25) is 0 Å². The molecule has 0 radical (unpaired) electrons. The average Bonchev–Trinajstić information content (AvgIpc) is 2.79. The van der Waals surface area contributed by atoms with E-state index >= 15 is 0 Å². The largest absolute Gasteiger partial charge is 0.497 e. The van der Waals surface area contributed by atoms with Gasteiger partial charge < -0.3 is 25.2 Å². The number of aliphatic imine (C=N–C) groups is 1. The number of piperazine rings is 1. The number of likely N-dealkylation sites (N-methyl/N-ethyl adjacent to an activating group) is 1. The van der Waals surface area contributed by atoms with Crippen molar-refractivity contribution in [3.8, 4) is 5.75 Å². The molecule has 0 bridgehead atoms. The van der Waals surface area contributed by atoms with Crippen LogP contribution in [0.1, 0.15) is 0 Å². The quantitative estimate of drug-likeness (QED) is 0.744. The minimum atomic E-state index is -0.122. The van der Waals surface area contributed by atoms with Crippen LogP contribution in [0.15, 0.2) is 65.4 Å². The van der Waals surface area contributed by atoms with E-state index in [2.05, 4.69) is 32.6 Å². The summed E-state index contributed by atoms with van der Waals surface area (Å²) in [4.78, 5) is 11.7. The molecule has 0 aromatic heterocycles. The Bertz CT molecular complexity index is 951. The molecule has 1 atom stereocenters. The summed E-state index contributed by atoms with van der Waals surface area (Å²) in [5, 5.41) is 7.77. The summed E-state index contributed by atoms with van der Waals surface area (Å²) >= 11 is 6.03. The standard InChI is InChI=1S/C23H29ClN6O/c1-28(2)22-16-21(25-18-5-4-6-20(15-18)31-3)26-23(27-22)30-13-11-29(12-14-30)19-9-7-17(24)8-10-19/h4-10,15-16,23,25-26H,11-14H2,1-3H3. The van der Waals surface area contributed by atoms with Gasteiger partial charge in [0.1, 0.15) is 17.4 Å². The second-order valence-electron chi connectivity index (χ2n) is 7.81. The molecule has 31 heavy (non-hydrogen) atoms. The zero-order valence-electron chi connectivity index (χ0n) is 18.2. The number of nitrogens with zero attached hydrogens (tertiary/aromatic N) is 4. The maximum Gasteiger partial charge on any atom is 0.179 e. The number of hydrogen-bond acceptors (Lipinski definition) is 7. The fraction of sp³-hybridized carbons (Fsp3) is 0.348. The summed E-state index contributed by atoms with van der Waals surface area (Å²) in [6.07, 6.45) is 1.91.